The molecule has 5 heteroatoms. The van der Waals surface area contributed by atoms with Crippen LogP contribution in [0.2, 0.25) is 0 Å². The summed E-state index contributed by atoms with van der Waals surface area (Å²) in [4.78, 5) is 23.5. The Bertz CT molecular complexity index is 653. The van der Waals surface area contributed by atoms with Crippen molar-refractivity contribution in [2.24, 2.45) is 0 Å². The van der Waals surface area contributed by atoms with Crippen LogP contribution in [0.4, 0.5) is 11.4 Å². The third-order valence-electron chi connectivity index (χ3n) is 2.63. The zero-order chi connectivity index (χ0) is 14.5. The monoisotopic (exact) mass is 270 g/mol. The first-order valence-electron chi connectivity index (χ1n) is 6.03. The number of phenolic OH excluding ortho intramolecular Hbond substituents is 1. The summed E-state index contributed by atoms with van der Waals surface area (Å²) >= 11 is 0. The van der Waals surface area contributed by atoms with Gasteiger partial charge in [-0.25, -0.2) is 0 Å². The van der Waals surface area contributed by atoms with E-state index in [4.69, 9.17) is 0 Å². The number of aromatic hydroxyl groups is 1. The van der Waals surface area contributed by atoms with Gasteiger partial charge in [0.25, 0.3) is 0 Å². The molecule has 0 spiro atoms. The van der Waals surface area contributed by atoms with Crippen LogP contribution in [0.25, 0.3) is 0 Å². The third kappa shape index (κ3) is 3.35. The lowest BCUT2D eigenvalue weighted by Crippen LogP contribution is -2.29. The van der Waals surface area contributed by atoms with Gasteiger partial charge in [-0.15, -0.1) is 0 Å². The number of hydrogen-bond acceptors (Lipinski definition) is 3. The highest BCUT2D eigenvalue weighted by Gasteiger charge is 2.15. The van der Waals surface area contributed by atoms with Gasteiger partial charge in [-0.3, -0.25) is 9.59 Å². The molecule has 0 aromatic heterocycles. The van der Waals surface area contributed by atoms with Crippen LogP contribution in [-0.4, -0.2) is 16.9 Å². The Balaban J connectivity index is 2.03. The first kappa shape index (κ1) is 13.6. The van der Waals surface area contributed by atoms with E-state index in [1.165, 1.54) is 12.1 Å². The predicted octanol–water partition coefficient (Wildman–Crippen LogP) is 2.28. The number of carbonyl (C=O) groups excluding carboxylic acids is 2. The van der Waals surface area contributed by atoms with Gasteiger partial charge in [-0.1, -0.05) is 24.3 Å². The maximum atomic E-state index is 11.7. The number of aryl methyl sites for hydroxylation is 1. The Morgan fingerprint density at radius 3 is 2.35 bits per heavy atom. The number of anilines is 2. The minimum absolute atomic E-state index is 0.0933. The van der Waals surface area contributed by atoms with E-state index < -0.39 is 11.8 Å². The van der Waals surface area contributed by atoms with Crippen LogP contribution in [-0.2, 0) is 9.59 Å². The van der Waals surface area contributed by atoms with Crippen LogP contribution in [0, 0.1) is 6.92 Å². The van der Waals surface area contributed by atoms with Crippen molar-refractivity contribution in [3.05, 3.63) is 54.1 Å². The number of rotatable bonds is 2. The zero-order valence-electron chi connectivity index (χ0n) is 10.9. The first-order chi connectivity index (χ1) is 9.56. The van der Waals surface area contributed by atoms with Gasteiger partial charge in [0.05, 0.1) is 5.69 Å². The first-order valence-corrected chi connectivity index (χ1v) is 6.03. The molecule has 2 aromatic rings. The molecule has 0 saturated heterocycles. The molecule has 0 aliphatic heterocycles. The summed E-state index contributed by atoms with van der Waals surface area (Å²) in [6, 6.07) is 13.3. The molecule has 2 aromatic carbocycles. The maximum absolute atomic E-state index is 11.7. The van der Waals surface area contributed by atoms with E-state index in [0.29, 0.717) is 5.69 Å². The molecule has 3 N–H and O–H groups in total. The van der Waals surface area contributed by atoms with Gasteiger partial charge < -0.3 is 15.7 Å². The van der Waals surface area contributed by atoms with Crippen molar-refractivity contribution in [2.45, 2.75) is 6.92 Å². The van der Waals surface area contributed by atoms with Crippen LogP contribution < -0.4 is 10.6 Å². The van der Waals surface area contributed by atoms with Gasteiger partial charge in [0.1, 0.15) is 5.75 Å². The fourth-order valence-electron chi connectivity index (χ4n) is 1.67. The largest absolute Gasteiger partial charge is 0.506 e. The minimum atomic E-state index is -0.840. The topological polar surface area (TPSA) is 78.4 Å². The summed E-state index contributed by atoms with van der Waals surface area (Å²) in [5.74, 6) is -1.73. The second-order valence-corrected chi connectivity index (χ2v) is 4.29. The Morgan fingerprint density at radius 1 is 0.950 bits per heavy atom. The van der Waals surface area contributed by atoms with Gasteiger partial charge in [0.2, 0.25) is 0 Å². The van der Waals surface area contributed by atoms with Crippen LogP contribution in [0.15, 0.2) is 48.5 Å². The zero-order valence-corrected chi connectivity index (χ0v) is 10.9. The molecule has 0 unspecified atom stereocenters. The molecular formula is C15H14N2O3. The normalized spacial score (nSPS) is 9.85. The fraction of sp³-hybridized carbons (Fsp3) is 0.0667. The summed E-state index contributed by atoms with van der Waals surface area (Å²) in [7, 11) is 0. The van der Waals surface area contributed by atoms with E-state index in [2.05, 4.69) is 10.6 Å². The lowest BCUT2D eigenvalue weighted by atomic mass is 10.2. The molecule has 0 atom stereocenters. The van der Waals surface area contributed by atoms with Gasteiger partial charge in [-0.2, -0.15) is 0 Å². The smallest absolute Gasteiger partial charge is 0.314 e. The number of benzene rings is 2. The number of nitrogens with one attached hydrogen (secondary N) is 2. The highest BCUT2D eigenvalue weighted by atomic mass is 16.3. The molecule has 20 heavy (non-hydrogen) atoms. The standard InChI is InChI=1S/C15H14N2O3/c1-10-5-4-6-11(9-10)16-14(19)15(20)17-12-7-2-3-8-13(12)18/h2-9,18H,1H3,(H,16,19)(H,17,20). The molecule has 0 radical (unpaired) electrons. The van der Waals surface area contributed by atoms with Gasteiger partial charge >= 0.3 is 11.8 Å². The Hall–Kier alpha value is -2.82. The maximum Gasteiger partial charge on any atom is 0.314 e. The Kier molecular flexibility index (Phi) is 4.00. The summed E-state index contributed by atoms with van der Waals surface area (Å²) in [6.45, 7) is 1.89. The van der Waals surface area contributed by atoms with Crippen LogP contribution in [0.1, 0.15) is 5.56 Å². The van der Waals surface area contributed by atoms with E-state index in [0.717, 1.165) is 5.56 Å². The van der Waals surface area contributed by atoms with E-state index in [1.54, 1.807) is 30.3 Å². The van der Waals surface area contributed by atoms with Crippen molar-refractivity contribution in [3.8, 4) is 5.75 Å². The van der Waals surface area contributed by atoms with Crippen molar-refractivity contribution in [1.29, 1.82) is 0 Å². The van der Waals surface area contributed by atoms with Crippen molar-refractivity contribution >= 4 is 23.2 Å². The highest BCUT2D eigenvalue weighted by Crippen LogP contribution is 2.21. The Morgan fingerprint density at radius 2 is 1.65 bits per heavy atom. The average molecular weight is 270 g/mol. The van der Waals surface area contributed by atoms with E-state index in [9.17, 15) is 14.7 Å². The van der Waals surface area contributed by atoms with E-state index in [-0.39, 0.29) is 11.4 Å². The van der Waals surface area contributed by atoms with Crippen LogP contribution in [0.5, 0.6) is 5.75 Å². The molecule has 2 amide bonds. The molecule has 0 saturated carbocycles. The molecule has 0 bridgehead atoms. The summed E-state index contributed by atoms with van der Waals surface area (Å²) < 4.78 is 0. The summed E-state index contributed by atoms with van der Waals surface area (Å²) in [5, 5.41) is 14.4. The third-order valence-corrected chi connectivity index (χ3v) is 2.63. The number of phenols is 1. The molecule has 0 aliphatic rings. The molecule has 0 fully saturated rings. The van der Waals surface area contributed by atoms with Crippen LogP contribution >= 0.6 is 0 Å². The minimum Gasteiger partial charge on any atom is -0.506 e. The Labute approximate surface area is 116 Å². The van der Waals surface area contributed by atoms with Crippen LogP contribution in [0.3, 0.4) is 0 Å². The van der Waals surface area contributed by atoms with Gasteiger partial charge in [-0.05, 0) is 36.8 Å². The lowest BCUT2D eigenvalue weighted by Gasteiger charge is -2.08. The number of amides is 2. The molecule has 0 heterocycles. The summed E-state index contributed by atoms with van der Waals surface area (Å²) in [5.41, 5.74) is 1.71. The molecule has 5 nitrogen and oxygen atoms in total. The quantitative estimate of drug-likeness (QED) is 0.578. The van der Waals surface area contributed by atoms with Crippen molar-refractivity contribution in [2.75, 3.05) is 10.6 Å². The van der Waals surface area contributed by atoms with Crippen molar-refractivity contribution < 1.29 is 14.7 Å². The number of para-hydroxylation sites is 2. The van der Waals surface area contributed by atoms with E-state index in [1.807, 2.05) is 13.0 Å². The predicted molar refractivity (Wildman–Crippen MR) is 76.5 cm³/mol. The number of hydrogen-bond donors (Lipinski definition) is 3. The second kappa shape index (κ2) is 5.88. The lowest BCUT2D eigenvalue weighted by molar-refractivity contribution is -0.133. The SMILES string of the molecule is Cc1cccc(NC(=O)C(=O)Nc2ccccc2O)c1. The average Bonchev–Trinajstić information content (AvgIpc) is 2.41. The van der Waals surface area contributed by atoms with E-state index >= 15 is 0 Å². The van der Waals surface area contributed by atoms with Crippen molar-refractivity contribution in [3.63, 3.8) is 0 Å². The molecule has 102 valence electrons. The van der Waals surface area contributed by atoms with Crippen molar-refractivity contribution in [1.82, 2.24) is 0 Å². The fourth-order valence-corrected chi connectivity index (χ4v) is 1.67. The van der Waals surface area contributed by atoms with Gasteiger partial charge in [0, 0.05) is 5.69 Å². The second-order valence-electron chi connectivity index (χ2n) is 4.29. The molecule has 0 aliphatic carbocycles. The number of carbonyl (C=O) groups is 2. The summed E-state index contributed by atoms with van der Waals surface area (Å²) in [6.07, 6.45) is 0. The molecular weight excluding hydrogens is 256 g/mol. The highest BCUT2D eigenvalue weighted by molar-refractivity contribution is 6.43. The van der Waals surface area contributed by atoms with Gasteiger partial charge in [0.15, 0.2) is 0 Å². The molecule has 2 rings (SSSR count).